The number of sulfone groups is 1. The number of carbonyl (C=O) groups excluding carboxylic acids is 1. The lowest BCUT2D eigenvalue weighted by molar-refractivity contribution is -0.131. The highest BCUT2D eigenvalue weighted by Crippen LogP contribution is 2.45. The van der Waals surface area contributed by atoms with E-state index in [4.69, 9.17) is 0 Å². The summed E-state index contributed by atoms with van der Waals surface area (Å²) in [4.78, 5) is 13.3. The maximum Gasteiger partial charge on any atom is 0.304 e. The molecule has 0 saturated carbocycles. The number of rotatable bonds is 3. The van der Waals surface area contributed by atoms with Gasteiger partial charge in [-0.15, -0.1) is 11.3 Å². The van der Waals surface area contributed by atoms with Gasteiger partial charge in [0.15, 0.2) is 9.84 Å². The molecule has 22 heavy (non-hydrogen) atoms. The van der Waals surface area contributed by atoms with E-state index < -0.39 is 35.5 Å². The number of hydrogen-bond donors (Lipinski definition) is 1. The molecule has 2 unspecified atom stereocenters. The first-order valence-corrected chi connectivity index (χ1v) is 10.4. The van der Waals surface area contributed by atoms with Crippen LogP contribution in [0.5, 0.6) is 0 Å². The molecule has 1 amide bonds. The number of thiophene rings is 1. The lowest BCUT2D eigenvalue weighted by Crippen LogP contribution is -2.39. The number of nitrogens with zero attached hydrogens (tertiary/aromatic N) is 1. The molecule has 0 spiro atoms. The van der Waals surface area contributed by atoms with Gasteiger partial charge in [0.1, 0.15) is 8.42 Å². The largest absolute Gasteiger partial charge is 0.336 e. The summed E-state index contributed by atoms with van der Waals surface area (Å²) in [7, 11) is -8.15. The van der Waals surface area contributed by atoms with Crippen molar-refractivity contribution in [2.75, 3.05) is 6.54 Å². The Labute approximate surface area is 133 Å². The maximum atomic E-state index is 12.4. The van der Waals surface area contributed by atoms with Gasteiger partial charge in [-0.2, -0.15) is 8.42 Å². The zero-order chi connectivity index (χ0) is 16.9. The molecule has 0 aliphatic carbocycles. The fourth-order valence-electron chi connectivity index (χ4n) is 2.66. The van der Waals surface area contributed by atoms with Crippen LogP contribution < -0.4 is 0 Å². The molecule has 0 aromatic carbocycles. The summed E-state index contributed by atoms with van der Waals surface area (Å²) in [5.41, 5.74) is 0.271. The van der Waals surface area contributed by atoms with Crippen LogP contribution in [0.2, 0.25) is 0 Å². The van der Waals surface area contributed by atoms with Gasteiger partial charge in [0.05, 0.1) is 11.3 Å². The van der Waals surface area contributed by atoms with Gasteiger partial charge in [0, 0.05) is 19.0 Å². The smallest absolute Gasteiger partial charge is 0.304 e. The molecule has 1 aliphatic rings. The number of carbonyl (C=O) groups is 1. The molecule has 124 valence electrons. The molecule has 0 saturated heterocycles. The summed E-state index contributed by atoms with van der Waals surface area (Å²) in [6.45, 7) is 5.06. The molecule has 0 radical (unpaired) electrons. The van der Waals surface area contributed by atoms with Crippen LogP contribution in [0.25, 0.3) is 0 Å². The maximum absolute atomic E-state index is 12.4. The molecular formula is C12H17NO6S3. The molecule has 7 nitrogen and oxygen atoms in total. The van der Waals surface area contributed by atoms with Gasteiger partial charge >= 0.3 is 10.1 Å². The number of amides is 1. The third kappa shape index (κ3) is 2.80. The van der Waals surface area contributed by atoms with E-state index in [9.17, 15) is 26.2 Å². The van der Waals surface area contributed by atoms with Crippen LogP contribution in [0.4, 0.5) is 0 Å². The van der Waals surface area contributed by atoms with Gasteiger partial charge in [0.2, 0.25) is 5.91 Å². The minimum atomic E-state index is -4.49. The minimum absolute atomic E-state index is 0.0800. The minimum Gasteiger partial charge on any atom is -0.336 e. The van der Waals surface area contributed by atoms with Crippen molar-refractivity contribution in [1.29, 1.82) is 0 Å². The van der Waals surface area contributed by atoms with Crippen LogP contribution in [0.1, 0.15) is 38.8 Å². The van der Waals surface area contributed by atoms with Gasteiger partial charge in [-0.25, -0.2) is 8.42 Å². The molecule has 2 heterocycles. The summed E-state index contributed by atoms with van der Waals surface area (Å²) in [5.74, 6) is -0.218. The van der Waals surface area contributed by atoms with Crippen LogP contribution >= 0.6 is 11.3 Å². The quantitative estimate of drug-likeness (QED) is 0.810. The third-order valence-electron chi connectivity index (χ3n) is 3.78. The fourth-order valence-corrected chi connectivity index (χ4v) is 6.99. The predicted molar refractivity (Wildman–Crippen MR) is 81.2 cm³/mol. The second-order valence-electron chi connectivity index (χ2n) is 5.20. The van der Waals surface area contributed by atoms with Gasteiger partial charge in [-0.3, -0.25) is 9.35 Å². The number of fused-ring (bicyclic) bond motifs is 1. The van der Waals surface area contributed by atoms with Crippen molar-refractivity contribution in [3.05, 3.63) is 11.6 Å². The highest BCUT2D eigenvalue weighted by atomic mass is 32.3. The Kier molecular flexibility index (Phi) is 4.42. The van der Waals surface area contributed by atoms with Crippen molar-refractivity contribution in [3.8, 4) is 0 Å². The highest BCUT2D eigenvalue weighted by Gasteiger charge is 2.42. The van der Waals surface area contributed by atoms with Crippen molar-refractivity contribution in [3.63, 3.8) is 0 Å². The second-order valence-corrected chi connectivity index (χ2v) is 10.5. The molecule has 1 aromatic heterocycles. The molecular weight excluding hydrogens is 350 g/mol. The Bertz CT molecular complexity index is 808. The van der Waals surface area contributed by atoms with Crippen LogP contribution in [0.15, 0.2) is 14.5 Å². The molecule has 2 atom stereocenters. The molecule has 1 aromatic rings. The van der Waals surface area contributed by atoms with E-state index in [2.05, 4.69) is 0 Å². The average molecular weight is 367 g/mol. The summed E-state index contributed by atoms with van der Waals surface area (Å²) in [6.07, 6.45) is 0.199. The SMILES string of the molecule is CCN(C(C)=O)C1CC(C)S(=O)(=O)c2sc(S(=O)(=O)O)cc21. The van der Waals surface area contributed by atoms with E-state index in [0.717, 1.165) is 6.07 Å². The van der Waals surface area contributed by atoms with Gasteiger partial charge in [-0.05, 0) is 26.3 Å². The topological polar surface area (TPSA) is 109 Å². The summed E-state index contributed by atoms with van der Waals surface area (Å²) >= 11 is 0.532. The summed E-state index contributed by atoms with van der Waals surface area (Å²) in [6, 6.07) is 0.650. The van der Waals surface area contributed by atoms with Crippen molar-refractivity contribution >= 4 is 37.2 Å². The molecule has 0 bridgehead atoms. The Balaban J connectivity index is 2.70. The number of hydrogen-bond acceptors (Lipinski definition) is 6. The second kappa shape index (κ2) is 5.59. The lowest BCUT2D eigenvalue weighted by Gasteiger charge is -2.35. The zero-order valence-electron chi connectivity index (χ0n) is 12.3. The van der Waals surface area contributed by atoms with Gasteiger partial charge in [-0.1, -0.05) is 0 Å². The Morgan fingerprint density at radius 2 is 2.09 bits per heavy atom. The van der Waals surface area contributed by atoms with E-state index in [1.165, 1.54) is 18.7 Å². The lowest BCUT2D eigenvalue weighted by atomic mass is 10.0. The first-order valence-electron chi connectivity index (χ1n) is 6.62. The van der Waals surface area contributed by atoms with E-state index >= 15 is 0 Å². The Hall–Kier alpha value is -0.970. The predicted octanol–water partition coefficient (Wildman–Crippen LogP) is 1.47. The summed E-state index contributed by atoms with van der Waals surface area (Å²) < 4.78 is 56.1. The van der Waals surface area contributed by atoms with Gasteiger partial charge in [0.25, 0.3) is 0 Å². The first kappa shape index (κ1) is 17.4. The standard InChI is InChI=1S/C12H17NO6S3/c1-4-13(8(3)14)10-5-7(2)21(15,16)12-9(10)6-11(20-12)22(17,18)19/h6-7,10H,4-5H2,1-3H3,(H,17,18,19). The van der Waals surface area contributed by atoms with E-state index in [1.54, 1.807) is 6.92 Å². The highest BCUT2D eigenvalue weighted by molar-refractivity contribution is 7.95. The van der Waals surface area contributed by atoms with Crippen molar-refractivity contribution < 1.29 is 26.2 Å². The van der Waals surface area contributed by atoms with E-state index in [0.29, 0.717) is 17.9 Å². The zero-order valence-corrected chi connectivity index (χ0v) is 14.8. The fraction of sp³-hybridized carbons (Fsp3) is 0.583. The van der Waals surface area contributed by atoms with Crippen molar-refractivity contribution in [2.24, 2.45) is 0 Å². The van der Waals surface area contributed by atoms with Gasteiger partial charge < -0.3 is 4.90 Å². The molecule has 0 fully saturated rings. The van der Waals surface area contributed by atoms with E-state index in [-0.39, 0.29) is 22.1 Å². The molecule has 10 heteroatoms. The van der Waals surface area contributed by atoms with Crippen LogP contribution in [0.3, 0.4) is 0 Å². The van der Waals surface area contributed by atoms with Crippen LogP contribution in [-0.2, 0) is 24.7 Å². The van der Waals surface area contributed by atoms with Crippen molar-refractivity contribution in [2.45, 2.75) is 46.9 Å². The Morgan fingerprint density at radius 3 is 2.55 bits per heavy atom. The molecule has 1 N–H and O–H groups in total. The van der Waals surface area contributed by atoms with E-state index in [1.807, 2.05) is 0 Å². The van der Waals surface area contributed by atoms with Crippen LogP contribution in [0, 0.1) is 0 Å². The molecule has 1 aliphatic heterocycles. The first-order chi connectivity index (χ1) is 10.00. The normalized spacial score (nSPS) is 23.8. The molecule has 2 rings (SSSR count). The monoisotopic (exact) mass is 367 g/mol. The third-order valence-corrected chi connectivity index (χ3v) is 8.98. The van der Waals surface area contributed by atoms with Crippen molar-refractivity contribution in [1.82, 2.24) is 4.90 Å². The Morgan fingerprint density at radius 1 is 1.50 bits per heavy atom. The van der Waals surface area contributed by atoms with Crippen LogP contribution in [-0.4, -0.2) is 44.0 Å². The summed E-state index contributed by atoms with van der Waals surface area (Å²) in [5, 5.41) is -0.730. The average Bonchev–Trinajstić information content (AvgIpc) is 2.82.